The molecule has 0 aliphatic carbocycles. The summed E-state index contributed by atoms with van der Waals surface area (Å²) in [5.74, 6) is 1.02. The van der Waals surface area contributed by atoms with Gasteiger partial charge in [-0.25, -0.2) is 5.01 Å². The van der Waals surface area contributed by atoms with E-state index < -0.39 is 5.85 Å². The van der Waals surface area contributed by atoms with Crippen LogP contribution < -0.4 is 14.8 Å². The molecule has 1 spiro atoms. The molecule has 27 heavy (non-hydrogen) atoms. The first-order chi connectivity index (χ1) is 13.1. The van der Waals surface area contributed by atoms with Crippen molar-refractivity contribution >= 4 is 34.3 Å². The zero-order valence-corrected chi connectivity index (χ0v) is 16.0. The van der Waals surface area contributed by atoms with Crippen molar-refractivity contribution < 1.29 is 14.3 Å². The maximum atomic E-state index is 12.0. The summed E-state index contributed by atoms with van der Waals surface area (Å²) in [5.41, 5.74) is 2.93. The van der Waals surface area contributed by atoms with Gasteiger partial charge >= 0.3 is 0 Å². The normalized spacial score (nSPS) is 25.6. The number of ether oxygens (including phenoxy) is 2. The quantitative estimate of drug-likeness (QED) is 0.824. The molecular weight excluding hydrogens is 386 g/mol. The third-order valence-electron chi connectivity index (χ3n) is 5.01. The molecule has 3 aliphatic rings. The van der Waals surface area contributed by atoms with Gasteiger partial charge in [0.15, 0.2) is 0 Å². The molecule has 0 radical (unpaired) electrons. The zero-order valence-electron chi connectivity index (χ0n) is 14.4. The molecular formula is C19H16ClN3O3S. The number of nitrogens with zero attached hydrogens (tertiary/aromatic N) is 2. The first-order valence-corrected chi connectivity index (χ1v) is 9.89. The fourth-order valence-electron chi connectivity index (χ4n) is 3.72. The van der Waals surface area contributed by atoms with E-state index in [1.54, 1.807) is 13.2 Å². The minimum atomic E-state index is -0.971. The lowest BCUT2D eigenvalue weighted by Crippen LogP contribution is -2.62. The number of amides is 1. The molecule has 1 amide bonds. The topological polar surface area (TPSA) is 63.2 Å². The van der Waals surface area contributed by atoms with Crippen molar-refractivity contribution in [2.45, 2.75) is 18.3 Å². The Morgan fingerprint density at radius 3 is 2.85 bits per heavy atom. The number of hydrazone groups is 1. The van der Waals surface area contributed by atoms with Gasteiger partial charge in [0.1, 0.15) is 11.5 Å². The minimum Gasteiger partial charge on any atom is -0.497 e. The lowest BCUT2D eigenvalue weighted by molar-refractivity contribution is -0.111. The van der Waals surface area contributed by atoms with Gasteiger partial charge in [-0.05, 0) is 48.0 Å². The largest absolute Gasteiger partial charge is 0.497 e. The Hall–Kier alpha value is -2.38. The van der Waals surface area contributed by atoms with Gasteiger partial charge in [-0.2, -0.15) is 5.10 Å². The molecule has 3 heterocycles. The molecule has 1 saturated heterocycles. The molecule has 2 aromatic carbocycles. The van der Waals surface area contributed by atoms with Crippen LogP contribution in [0, 0.1) is 0 Å². The number of benzene rings is 2. The summed E-state index contributed by atoms with van der Waals surface area (Å²) in [5, 5.41) is 10.2. The number of methoxy groups -OCH3 is 1. The van der Waals surface area contributed by atoms with Crippen LogP contribution in [-0.4, -0.2) is 34.7 Å². The summed E-state index contributed by atoms with van der Waals surface area (Å²) < 4.78 is 11.5. The summed E-state index contributed by atoms with van der Waals surface area (Å²) in [6, 6.07) is 13.3. The van der Waals surface area contributed by atoms with E-state index in [-0.39, 0.29) is 11.3 Å². The van der Waals surface area contributed by atoms with Crippen molar-refractivity contribution in [3.8, 4) is 11.5 Å². The highest BCUT2D eigenvalue weighted by Crippen LogP contribution is 2.49. The number of rotatable bonds is 2. The van der Waals surface area contributed by atoms with E-state index in [4.69, 9.17) is 26.2 Å². The average Bonchev–Trinajstić information content (AvgIpc) is 3.28. The summed E-state index contributed by atoms with van der Waals surface area (Å²) in [6.07, 6.45) is 0.700. The van der Waals surface area contributed by atoms with Gasteiger partial charge in [-0.1, -0.05) is 23.4 Å². The molecule has 1 fully saturated rings. The van der Waals surface area contributed by atoms with Crippen molar-refractivity contribution in [3.63, 3.8) is 0 Å². The first-order valence-electron chi connectivity index (χ1n) is 8.53. The smallest absolute Gasteiger partial charge is 0.289 e. The highest BCUT2D eigenvalue weighted by atomic mass is 35.5. The fourth-order valence-corrected chi connectivity index (χ4v) is 4.72. The van der Waals surface area contributed by atoms with Crippen molar-refractivity contribution in [2.75, 3.05) is 12.9 Å². The van der Waals surface area contributed by atoms with Gasteiger partial charge in [-0.3, -0.25) is 10.1 Å². The summed E-state index contributed by atoms with van der Waals surface area (Å²) in [6.45, 7) is 0. The predicted molar refractivity (Wildman–Crippen MR) is 105 cm³/mol. The van der Waals surface area contributed by atoms with Crippen molar-refractivity contribution in [1.29, 1.82) is 0 Å². The summed E-state index contributed by atoms with van der Waals surface area (Å²) in [7, 11) is 1.64. The fraction of sp³-hybridized carbons (Fsp3) is 0.263. The first kappa shape index (κ1) is 16.8. The Bertz CT molecular complexity index is 965. The molecule has 1 N–H and O–H groups in total. The summed E-state index contributed by atoms with van der Waals surface area (Å²) in [4.78, 5) is 12.0. The third kappa shape index (κ3) is 2.64. The van der Waals surface area contributed by atoms with E-state index in [1.807, 2.05) is 41.4 Å². The molecule has 6 nitrogen and oxygen atoms in total. The van der Waals surface area contributed by atoms with Crippen molar-refractivity contribution in [1.82, 2.24) is 10.3 Å². The maximum Gasteiger partial charge on any atom is 0.289 e. The van der Waals surface area contributed by atoms with Crippen LogP contribution in [0.2, 0.25) is 5.02 Å². The highest BCUT2D eigenvalue weighted by Gasteiger charge is 2.55. The predicted octanol–water partition coefficient (Wildman–Crippen LogP) is 4.00. The molecule has 8 heteroatoms. The molecule has 0 saturated carbocycles. The van der Waals surface area contributed by atoms with Crippen LogP contribution in [0.1, 0.15) is 23.6 Å². The zero-order chi connectivity index (χ0) is 18.6. The molecule has 5 rings (SSSR count). The molecule has 138 valence electrons. The number of hydrogen-bond acceptors (Lipinski definition) is 6. The Balaban J connectivity index is 1.58. The lowest BCUT2D eigenvalue weighted by Gasteiger charge is -2.44. The number of halogens is 1. The van der Waals surface area contributed by atoms with Crippen molar-refractivity contribution in [2.24, 2.45) is 5.10 Å². The molecule has 2 aromatic rings. The van der Waals surface area contributed by atoms with Gasteiger partial charge < -0.3 is 9.47 Å². The molecule has 2 atom stereocenters. The van der Waals surface area contributed by atoms with Gasteiger partial charge in [0.2, 0.25) is 0 Å². The number of carbonyl (C=O) groups is 1. The molecule has 0 aromatic heterocycles. The molecule has 0 bridgehead atoms. The van der Waals surface area contributed by atoms with E-state index >= 15 is 0 Å². The Morgan fingerprint density at radius 1 is 1.33 bits per heavy atom. The van der Waals surface area contributed by atoms with Crippen molar-refractivity contribution in [3.05, 3.63) is 58.6 Å². The van der Waals surface area contributed by atoms with Crippen LogP contribution in [0.15, 0.2) is 47.6 Å². The van der Waals surface area contributed by atoms with E-state index in [1.165, 1.54) is 11.8 Å². The maximum absolute atomic E-state index is 12.0. The van der Waals surface area contributed by atoms with Gasteiger partial charge in [0, 0.05) is 17.0 Å². The minimum absolute atomic E-state index is 0.0523. The van der Waals surface area contributed by atoms with Crippen LogP contribution >= 0.6 is 23.4 Å². The number of nitrogens with one attached hydrogen (secondary N) is 1. The van der Waals surface area contributed by atoms with Crippen LogP contribution in [0.3, 0.4) is 0 Å². The second-order valence-corrected chi connectivity index (χ2v) is 7.99. The van der Waals surface area contributed by atoms with Crippen LogP contribution in [-0.2, 0) is 0 Å². The van der Waals surface area contributed by atoms with E-state index in [0.29, 0.717) is 17.2 Å². The van der Waals surface area contributed by atoms with E-state index in [2.05, 4.69) is 5.32 Å². The monoisotopic (exact) mass is 401 g/mol. The standard InChI is InChI=1S/C19H16ClN3O3S/c1-25-13-5-2-11(3-6-13)15-9-16-14-8-12(20)4-7-17(14)26-19(23(16)22-15)10-27-18(24)21-19/h2-8,16H,9-10H2,1H3,(H,21,24)/t16-,19+/m0/s1. The second-order valence-electron chi connectivity index (χ2n) is 6.61. The molecule has 0 unspecified atom stereocenters. The third-order valence-corrected chi connectivity index (χ3v) is 6.14. The number of carbonyl (C=O) groups excluding carboxylic acids is 1. The van der Waals surface area contributed by atoms with Gasteiger partial charge in [-0.15, -0.1) is 0 Å². The Kier molecular flexibility index (Phi) is 3.77. The highest BCUT2D eigenvalue weighted by molar-refractivity contribution is 8.14. The number of thioether (sulfide) groups is 1. The van der Waals surface area contributed by atoms with E-state index in [9.17, 15) is 4.79 Å². The second kappa shape index (κ2) is 6.07. The average molecular weight is 402 g/mol. The summed E-state index contributed by atoms with van der Waals surface area (Å²) >= 11 is 7.43. The number of fused-ring (bicyclic) bond motifs is 4. The van der Waals surface area contributed by atoms with Gasteiger partial charge in [0.25, 0.3) is 11.1 Å². The van der Waals surface area contributed by atoms with Crippen LogP contribution in [0.5, 0.6) is 11.5 Å². The Labute approximate surface area is 165 Å². The Morgan fingerprint density at radius 2 is 2.15 bits per heavy atom. The molecule has 3 aliphatic heterocycles. The number of hydrogen-bond donors (Lipinski definition) is 1. The van der Waals surface area contributed by atoms with E-state index in [0.717, 1.165) is 28.3 Å². The van der Waals surface area contributed by atoms with Gasteiger partial charge in [0.05, 0.1) is 24.6 Å². The van der Waals surface area contributed by atoms with Crippen LogP contribution in [0.25, 0.3) is 0 Å². The lowest BCUT2D eigenvalue weighted by atomic mass is 9.96. The van der Waals surface area contributed by atoms with Crippen LogP contribution in [0.4, 0.5) is 4.79 Å². The SMILES string of the molecule is COc1ccc(C2=NN3[C@@H](C2)c2cc(Cl)ccc2O[C@@]32CSC(=O)N2)cc1.